The van der Waals surface area contributed by atoms with E-state index in [9.17, 15) is 13.2 Å². The van der Waals surface area contributed by atoms with Gasteiger partial charge in [-0.25, -0.2) is 4.68 Å². The summed E-state index contributed by atoms with van der Waals surface area (Å²) in [5.74, 6) is 0.149. The first kappa shape index (κ1) is 13.4. The van der Waals surface area contributed by atoms with Gasteiger partial charge < -0.3 is 0 Å². The van der Waals surface area contributed by atoms with Crippen molar-refractivity contribution < 1.29 is 13.2 Å². The Morgan fingerprint density at radius 2 is 2.06 bits per heavy atom. The monoisotopic (exact) mass is 339 g/mol. The van der Waals surface area contributed by atoms with Crippen LogP contribution in [0.15, 0.2) is 28.9 Å². The molecule has 0 aliphatic rings. The molecular weight excluding hydrogens is 334 g/mol. The highest BCUT2D eigenvalue weighted by Crippen LogP contribution is 2.33. The van der Waals surface area contributed by atoms with Crippen LogP contribution < -0.4 is 0 Å². The smallest absolute Gasteiger partial charge is 0.219 e. The van der Waals surface area contributed by atoms with Crippen molar-refractivity contribution in [2.24, 2.45) is 0 Å². The molecule has 2 aromatic rings. The third-order valence-electron chi connectivity index (χ3n) is 2.20. The number of nitrogens with zero attached hydrogens (tertiary/aromatic N) is 3. The summed E-state index contributed by atoms with van der Waals surface area (Å²) in [4.78, 5) is 0. The molecule has 18 heavy (non-hydrogen) atoms. The Morgan fingerprint density at radius 3 is 2.61 bits per heavy atom. The van der Waals surface area contributed by atoms with Gasteiger partial charge in [-0.3, -0.25) is 0 Å². The van der Waals surface area contributed by atoms with Gasteiger partial charge in [0.1, 0.15) is 0 Å². The molecule has 1 aromatic heterocycles. The third-order valence-corrected chi connectivity index (χ3v) is 3.14. The van der Waals surface area contributed by atoms with Crippen molar-refractivity contribution in [2.75, 3.05) is 0 Å². The summed E-state index contributed by atoms with van der Waals surface area (Å²) < 4.78 is 39.5. The summed E-state index contributed by atoms with van der Waals surface area (Å²) in [6, 6.07) is 3.31. The molecule has 3 nitrogen and oxygen atoms in total. The Balaban J connectivity index is 2.49. The van der Waals surface area contributed by atoms with E-state index in [1.807, 2.05) is 0 Å². The second-order valence-electron chi connectivity index (χ2n) is 3.45. The Hall–Kier alpha value is -1.08. The van der Waals surface area contributed by atoms with Gasteiger partial charge in [0.15, 0.2) is 0 Å². The zero-order valence-corrected chi connectivity index (χ0v) is 11.1. The van der Waals surface area contributed by atoms with Crippen molar-refractivity contribution in [3.05, 3.63) is 40.1 Å². The summed E-state index contributed by atoms with van der Waals surface area (Å²) in [5, 5.41) is 7.45. The fourth-order valence-corrected chi connectivity index (χ4v) is 1.89. The van der Waals surface area contributed by atoms with Crippen LogP contribution in [0.5, 0.6) is 0 Å². The van der Waals surface area contributed by atoms with Gasteiger partial charge in [-0.15, -0.1) is 16.7 Å². The van der Waals surface area contributed by atoms with E-state index in [1.165, 1.54) is 16.9 Å². The number of aromatic nitrogens is 3. The van der Waals surface area contributed by atoms with E-state index in [0.29, 0.717) is 10.2 Å². The van der Waals surface area contributed by atoms with E-state index < -0.39 is 11.7 Å². The van der Waals surface area contributed by atoms with E-state index >= 15 is 0 Å². The lowest BCUT2D eigenvalue weighted by Gasteiger charge is -2.10. The number of halogens is 5. The van der Waals surface area contributed by atoms with E-state index in [0.717, 1.165) is 12.1 Å². The number of rotatable bonds is 2. The molecule has 0 N–H and O–H groups in total. The van der Waals surface area contributed by atoms with Crippen LogP contribution in [0.25, 0.3) is 5.69 Å². The van der Waals surface area contributed by atoms with Gasteiger partial charge in [0.25, 0.3) is 0 Å². The molecule has 0 atom stereocenters. The molecule has 0 radical (unpaired) electrons. The quantitative estimate of drug-likeness (QED) is 0.779. The average Bonchev–Trinajstić information content (AvgIpc) is 2.76. The fraction of sp³-hybridized carbons (Fsp3) is 0.200. The lowest BCUT2D eigenvalue weighted by molar-refractivity contribution is -0.137. The van der Waals surface area contributed by atoms with Gasteiger partial charge in [0.05, 0.1) is 29.0 Å². The highest BCUT2D eigenvalue weighted by molar-refractivity contribution is 9.10. The van der Waals surface area contributed by atoms with Crippen LogP contribution in [0.3, 0.4) is 0 Å². The van der Waals surface area contributed by atoms with E-state index in [4.69, 9.17) is 11.6 Å². The van der Waals surface area contributed by atoms with Gasteiger partial charge in [-0.2, -0.15) is 13.2 Å². The minimum atomic E-state index is -4.40. The van der Waals surface area contributed by atoms with Crippen LogP contribution in [-0.4, -0.2) is 15.0 Å². The van der Waals surface area contributed by atoms with E-state index in [-0.39, 0.29) is 11.6 Å². The maximum atomic E-state index is 12.6. The van der Waals surface area contributed by atoms with E-state index in [1.54, 1.807) is 0 Å². The first-order chi connectivity index (χ1) is 8.41. The van der Waals surface area contributed by atoms with Crippen molar-refractivity contribution >= 4 is 27.5 Å². The predicted octanol–water partition coefficient (Wildman–Crippen LogP) is 3.79. The molecule has 1 aromatic carbocycles. The summed E-state index contributed by atoms with van der Waals surface area (Å²) >= 11 is 8.74. The Labute approximate surface area is 114 Å². The first-order valence-electron chi connectivity index (χ1n) is 4.76. The van der Waals surface area contributed by atoms with Crippen LogP contribution in [0.2, 0.25) is 0 Å². The number of hydrogen-bond donors (Lipinski definition) is 0. The van der Waals surface area contributed by atoms with Crippen LogP contribution in [0.4, 0.5) is 13.2 Å². The molecule has 0 saturated carbocycles. The Bertz CT molecular complexity index is 568. The lowest BCUT2D eigenvalue weighted by Crippen LogP contribution is -2.07. The molecule has 0 spiro atoms. The molecule has 1 heterocycles. The molecule has 2 rings (SSSR count). The average molecular weight is 341 g/mol. The molecule has 0 saturated heterocycles. The summed E-state index contributed by atoms with van der Waals surface area (Å²) in [7, 11) is 0. The topological polar surface area (TPSA) is 30.7 Å². The Morgan fingerprint density at radius 1 is 1.33 bits per heavy atom. The zero-order chi connectivity index (χ0) is 13.3. The van der Waals surface area contributed by atoms with Crippen LogP contribution in [-0.2, 0) is 12.1 Å². The SMILES string of the molecule is FC(F)(F)c1ccc(Br)c(-n2cc(CCl)nn2)c1. The minimum Gasteiger partial charge on any atom is -0.219 e. The Kier molecular flexibility index (Phi) is 3.63. The molecule has 0 aliphatic heterocycles. The third kappa shape index (κ3) is 2.67. The summed E-state index contributed by atoms with van der Waals surface area (Å²) in [6.45, 7) is 0. The van der Waals surface area contributed by atoms with Crippen molar-refractivity contribution in [3.8, 4) is 5.69 Å². The molecular formula is C10H6BrClF3N3. The lowest BCUT2D eigenvalue weighted by atomic mass is 10.2. The molecule has 0 amide bonds. The predicted molar refractivity (Wildman–Crippen MR) is 63.6 cm³/mol. The second kappa shape index (κ2) is 4.89. The van der Waals surface area contributed by atoms with Crippen LogP contribution in [0.1, 0.15) is 11.3 Å². The van der Waals surface area contributed by atoms with Crippen molar-refractivity contribution in [1.82, 2.24) is 15.0 Å². The molecule has 0 bridgehead atoms. The van der Waals surface area contributed by atoms with Crippen molar-refractivity contribution in [1.29, 1.82) is 0 Å². The van der Waals surface area contributed by atoms with Crippen molar-refractivity contribution in [2.45, 2.75) is 12.1 Å². The highest BCUT2D eigenvalue weighted by Gasteiger charge is 2.31. The maximum Gasteiger partial charge on any atom is 0.416 e. The van der Waals surface area contributed by atoms with Gasteiger partial charge in [0.2, 0.25) is 0 Å². The molecule has 8 heteroatoms. The summed E-state index contributed by atoms with van der Waals surface area (Å²) in [6.07, 6.45) is -2.92. The van der Waals surface area contributed by atoms with Crippen LogP contribution in [0, 0.1) is 0 Å². The van der Waals surface area contributed by atoms with Gasteiger partial charge in [-0.05, 0) is 34.1 Å². The molecule has 0 fully saturated rings. The molecule has 96 valence electrons. The number of benzene rings is 1. The highest BCUT2D eigenvalue weighted by atomic mass is 79.9. The van der Waals surface area contributed by atoms with Gasteiger partial charge >= 0.3 is 6.18 Å². The largest absolute Gasteiger partial charge is 0.416 e. The van der Waals surface area contributed by atoms with Crippen LogP contribution >= 0.6 is 27.5 Å². The second-order valence-corrected chi connectivity index (χ2v) is 4.57. The number of alkyl halides is 4. The number of hydrogen-bond acceptors (Lipinski definition) is 2. The zero-order valence-electron chi connectivity index (χ0n) is 8.75. The maximum absolute atomic E-state index is 12.6. The van der Waals surface area contributed by atoms with Gasteiger partial charge in [-0.1, -0.05) is 5.21 Å². The fourth-order valence-electron chi connectivity index (χ4n) is 1.34. The van der Waals surface area contributed by atoms with Crippen molar-refractivity contribution in [3.63, 3.8) is 0 Å². The minimum absolute atomic E-state index is 0.149. The summed E-state index contributed by atoms with van der Waals surface area (Å²) in [5.41, 5.74) is -0.00158. The molecule has 0 unspecified atom stereocenters. The normalized spacial score (nSPS) is 11.8. The van der Waals surface area contributed by atoms with E-state index in [2.05, 4.69) is 26.2 Å². The first-order valence-corrected chi connectivity index (χ1v) is 6.09. The standard InChI is InChI=1S/C10H6BrClF3N3/c11-8-2-1-6(10(13,14)15)3-9(8)18-5-7(4-12)16-17-18/h1-3,5H,4H2. The molecule has 0 aliphatic carbocycles. The van der Waals surface area contributed by atoms with Gasteiger partial charge in [0, 0.05) is 4.47 Å².